The third kappa shape index (κ3) is 4.91. The molecule has 1 radical (unpaired) electrons. The van der Waals surface area contributed by atoms with Gasteiger partial charge in [-0.1, -0.05) is 54.6 Å². The van der Waals surface area contributed by atoms with Crippen LogP contribution in [0.2, 0.25) is 0 Å². The molecule has 0 aliphatic carbocycles. The van der Waals surface area contributed by atoms with Crippen molar-refractivity contribution in [1.29, 1.82) is 0 Å². The first kappa shape index (κ1) is 20.8. The Morgan fingerprint density at radius 2 is 1.25 bits per heavy atom. The highest BCUT2D eigenvalue weighted by Gasteiger charge is 2.45. The maximum atomic E-state index is 11.8. The lowest BCUT2D eigenvalue weighted by Crippen LogP contribution is -2.33. The third-order valence-corrected chi connectivity index (χ3v) is 10.7. The largest absolute Gasteiger partial charge is 0.466 e. The maximum Gasteiger partial charge on any atom is 0.402 e. The van der Waals surface area contributed by atoms with Gasteiger partial charge >= 0.3 is 12.7 Å². The number of hydrogen-bond donors (Lipinski definition) is 0. The monoisotopic (exact) mass is 406 g/mol. The van der Waals surface area contributed by atoms with Gasteiger partial charge in [0.2, 0.25) is 0 Å². The predicted octanol–water partition coefficient (Wildman–Crippen LogP) is 4.15. The zero-order valence-corrected chi connectivity index (χ0v) is 18.0. The van der Waals surface area contributed by atoms with E-state index in [1.807, 2.05) is 6.92 Å². The van der Waals surface area contributed by atoms with Crippen LogP contribution in [0.25, 0.3) is 0 Å². The number of carbonyl (C=O) groups is 1. The van der Waals surface area contributed by atoms with Crippen molar-refractivity contribution in [2.75, 3.05) is 12.8 Å². The molecule has 0 fully saturated rings. The van der Waals surface area contributed by atoms with E-state index < -0.39 is 7.14 Å². The molecule has 1 atom stereocenters. The molecule has 141 valence electrons. The van der Waals surface area contributed by atoms with Crippen LogP contribution in [-0.2, 0) is 9.53 Å². The summed E-state index contributed by atoms with van der Waals surface area (Å²) in [7, 11) is -1.31. The van der Waals surface area contributed by atoms with E-state index in [4.69, 9.17) is 4.74 Å². The molecule has 0 saturated heterocycles. The van der Waals surface area contributed by atoms with Crippen molar-refractivity contribution in [3.63, 3.8) is 0 Å². The first-order valence-electron chi connectivity index (χ1n) is 9.56. The van der Waals surface area contributed by atoms with E-state index in [-0.39, 0.29) is 5.97 Å². The highest BCUT2D eigenvalue weighted by molar-refractivity contribution is 8.28. The summed E-state index contributed by atoms with van der Waals surface area (Å²) in [5.74, 6) is -0.105. The highest BCUT2D eigenvalue weighted by atomic mass is 31.2. The second-order valence-corrected chi connectivity index (χ2v) is 11.3. The Kier molecular flexibility index (Phi) is 7.84. The van der Waals surface area contributed by atoms with E-state index in [9.17, 15) is 4.79 Å². The van der Waals surface area contributed by atoms with Gasteiger partial charge < -0.3 is 4.74 Å². The van der Waals surface area contributed by atoms with E-state index in [0.717, 1.165) is 6.16 Å². The summed E-state index contributed by atoms with van der Waals surface area (Å²) in [4.78, 5) is 11.8. The summed E-state index contributed by atoms with van der Waals surface area (Å²) in [5.41, 5.74) is 0. The predicted molar refractivity (Wildman–Crippen MR) is 125 cm³/mol. The van der Waals surface area contributed by atoms with Gasteiger partial charge in [-0.05, 0) is 49.5 Å². The van der Waals surface area contributed by atoms with Gasteiger partial charge in [-0.15, -0.1) is 8.46 Å². The van der Waals surface area contributed by atoms with Crippen molar-refractivity contribution in [2.45, 2.75) is 13.3 Å². The van der Waals surface area contributed by atoms with Gasteiger partial charge in [0, 0.05) is 6.42 Å². The molecule has 0 aliphatic heterocycles. The number of hydrogen-bond acceptors (Lipinski definition) is 2. The van der Waals surface area contributed by atoms with Gasteiger partial charge in [0.15, 0.2) is 0 Å². The number of rotatable bonds is 9. The van der Waals surface area contributed by atoms with Gasteiger partial charge in [0.1, 0.15) is 0 Å². The van der Waals surface area contributed by atoms with Crippen molar-refractivity contribution in [1.82, 2.24) is 0 Å². The molecule has 0 bridgehead atoms. The quantitative estimate of drug-likeness (QED) is 0.231. The van der Waals surface area contributed by atoms with Gasteiger partial charge in [-0.3, -0.25) is 4.79 Å². The van der Waals surface area contributed by atoms with Crippen LogP contribution in [-0.4, -0.2) is 25.5 Å². The maximum absolute atomic E-state index is 11.8. The summed E-state index contributed by atoms with van der Waals surface area (Å²) in [6.45, 7) is 4.79. The number of ether oxygens (including phenoxy) is 1. The topological polar surface area (TPSA) is 26.3 Å². The van der Waals surface area contributed by atoms with Crippen molar-refractivity contribution in [3.8, 4) is 0 Å². The van der Waals surface area contributed by atoms with Crippen LogP contribution in [0.5, 0.6) is 0 Å². The third-order valence-electron chi connectivity index (χ3n) is 4.55. The fraction of sp³-hybridized carbons (Fsp3) is 0.174. The smallest absolute Gasteiger partial charge is 0.402 e. The zero-order chi connectivity index (χ0) is 19.7. The molecular weight excluding hydrogens is 381 g/mol. The molecule has 3 aromatic carbocycles. The Morgan fingerprint density at radius 1 is 0.821 bits per heavy atom. The number of esters is 1. The van der Waals surface area contributed by atoms with Crippen LogP contribution in [0.4, 0.5) is 0 Å². The van der Waals surface area contributed by atoms with Gasteiger partial charge in [-0.2, -0.15) is 0 Å². The molecule has 0 aliphatic rings. The van der Waals surface area contributed by atoms with Crippen LogP contribution in [0.1, 0.15) is 13.3 Å². The van der Waals surface area contributed by atoms with Crippen LogP contribution in [0, 0.1) is 0 Å². The lowest BCUT2D eigenvalue weighted by molar-refractivity contribution is -0.142. The SMILES string of the molecule is CCOC(=O)CCP[B][P+](c1ccccc1)(c1ccccc1)c1ccccc1. The Labute approximate surface area is 171 Å². The summed E-state index contributed by atoms with van der Waals surface area (Å²) in [6, 6.07) is 32.3. The average Bonchev–Trinajstić information content (AvgIpc) is 2.76. The Bertz CT molecular complexity index is 761. The average molecular weight is 406 g/mol. The second kappa shape index (κ2) is 10.6. The fourth-order valence-electron chi connectivity index (χ4n) is 3.27. The van der Waals surface area contributed by atoms with Crippen LogP contribution < -0.4 is 15.9 Å². The summed E-state index contributed by atoms with van der Waals surface area (Å²) in [6.07, 6.45) is 1.30. The minimum atomic E-state index is -1.89. The fourth-order valence-corrected chi connectivity index (χ4v) is 9.84. The van der Waals surface area contributed by atoms with Crippen LogP contribution in [0.3, 0.4) is 0 Å². The van der Waals surface area contributed by atoms with Crippen molar-refractivity contribution >= 4 is 44.2 Å². The van der Waals surface area contributed by atoms with Crippen molar-refractivity contribution in [3.05, 3.63) is 91.0 Å². The Hall–Kier alpha value is -1.95. The highest BCUT2D eigenvalue weighted by Crippen LogP contribution is 2.56. The summed E-state index contributed by atoms with van der Waals surface area (Å²) < 4.78 is 5.09. The minimum Gasteiger partial charge on any atom is -0.466 e. The molecule has 1 unspecified atom stereocenters. The summed E-state index contributed by atoms with van der Waals surface area (Å²) >= 11 is 0. The van der Waals surface area contributed by atoms with E-state index >= 15 is 0 Å². The Balaban J connectivity index is 1.98. The van der Waals surface area contributed by atoms with Crippen molar-refractivity contribution in [2.24, 2.45) is 0 Å². The van der Waals surface area contributed by atoms with E-state index in [1.54, 1.807) is 0 Å². The number of benzene rings is 3. The molecule has 0 saturated carbocycles. The lowest BCUT2D eigenvalue weighted by atomic mass is 10.3. The van der Waals surface area contributed by atoms with Crippen LogP contribution >= 0.6 is 15.6 Å². The molecule has 2 nitrogen and oxygen atoms in total. The molecular formula is C23H25BO2P2+. The first-order chi connectivity index (χ1) is 13.8. The van der Waals surface area contributed by atoms with Gasteiger partial charge in [0.05, 0.1) is 29.7 Å². The lowest BCUT2D eigenvalue weighted by Gasteiger charge is -2.27. The molecule has 0 N–H and O–H groups in total. The molecule has 3 rings (SSSR count). The van der Waals surface area contributed by atoms with Gasteiger partial charge in [-0.25, -0.2) is 0 Å². The number of carbonyl (C=O) groups excluding carboxylic acids is 1. The van der Waals surface area contributed by atoms with Crippen LogP contribution in [0.15, 0.2) is 91.0 Å². The molecule has 28 heavy (non-hydrogen) atoms. The minimum absolute atomic E-state index is 0.105. The second-order valence-electron chi connectivity index (χ2n) is 6.37. The molecule has 0 spiro atoms. The molecule has 5 heteroatoms. The standard InChI is InChI=1S/C23H25BO2P2/c1-2-26-23(25)18-19-27-24-28(20-12-6-3-7-13-20,21-14-8-4-9-15-21)22-16-10-5-11-17-22/h3-17,27H,2,18-19H2,1H3/q+1. The van der Waals surface area contributed by atoms with E-state index in [1.165, 1.54) is 15.9 Å². The van der Waals surface area contributed by atoms with Gasteiger partial charge in [0.25, 0.3) is 0 Å². The molecule has 0 amide bonds. The Morgan fingerprint density at radius 3 is 1.64 bits per heavy atom. The normalized spacial score (nSPS) is 11.5. The first-order valence-corrected chi connectivity index (χ1v) is 12.7. The molecule has 3 aromatic rings. The summed E-state index contributed by atoms with van der Waals surface area (Å²) in [5, 5.41) is 4.03. The molecule has 0 aromatic heterocycles. The zero-order valence-electron chi connectivity index (χ0n) is 16.1. The van der Waals surface area contributed by atoms with Crippen molar-refractivity contribution < 1.29 is 9.53 Å². The molecule has 0 heterocycles. The van der Waals surface area contributed by atoms with E-state index in [0.29, 0.717) is 21.5 Å². The van der Waals surface area contributed by atoms with E-state index in [2.05, 4.69) is 97.7 Å².